The minimum atomic E-state index is -3.63. The highest BCUT2D eigenvalue weighted by atomic mass is 32.2. The van der Waals surface area contributed by atoms with Crippen molar-refractivity contribution in [2.24, 2.45) is 0 Å². The van der Waals surface area contributed by atoms with Gasteiger partial charge in [-0.1, -0.05) is 0 Å². The van der Waals surface area contributed by atoms with E-state index in [2.05, 4.69) is 25.3 Å². The molecule has 4 rings (SSSR count). The van der Waals surface area contributed by atoms with Crippen LogP contribution in [0, 0.1) is 5.82 Å². The average Bonchev–Trinajstić information content (AvgIpc) is 2.75. The number of nitrogens with one attached hydrogen (secondary N) is 1. The number of aromatic nitrogens is 4. The average molecular weight is 414 g/mol. The molecule has 0 unspecified atom stereocenters. The Morgan fingerprint density at radius 1 is 0.966 bits per heavy atom. The molecule has 0 radical (unpaired) electrons. The third-order valence-corrected chi connectivity index (χ3v) is 6.71. The second-order valence-corrected chi connectivity index (χ2v) is 8.62. The number of benzene rings is 1. The van der Waals surface area contributed by atoms with Gasteiger partial charge in [0.15, 0.2) is 0 Å². The predicted molar refractivity (Wildman–Crippen MR) is 104 cm³/mol. The maximum Gasteiger partial charge on any atom is 0.243 e. The molecular weight excluding hydrogens is 395 g/mol. The molecule has 0 bridgehead atoms. The number of hydrogen-bond donors (Lipinski definition) is 1. The monoisotopic (exact) mass is 414 g/mol. The van der Waals surface area contributed by atoms with Crippen LogP contribution < -0.4 is 5.32 Å². The van der Waals surface area contributed by atoms with E-state index in [1.807, 2.05) is 0 Å². The van der Waals surface area contributed by atoms with Crippen molar-refractivity contribution in [3.8, 4) is 0 Å². The Morgan fingerprint density at radius 3 is 2.38 bits per heavy atom. The van der Waals surface area contributed by atoms with Crippen molar-refractivity contribution in [3.05, 3.63) is 66.8 Å². The number of sulfonamides is 1. The van der Waals surface area contributed by atoms with Crippen molar-refractivity contribution in [3.63, 3.8) is 0 Å². The Labute approximate surface area is 167 Å². The Hall–Kier alpha value is -2.98. The normalized spacial score (nSPS) is 15.9. The molecule has 0 atom stereocenters. The number of rotatable bonds is 5. The molecule has 0 amide bonds. The van der Waals surface area contributed by atoms with Gasteiger partial charge in [-0.25, -0.2) is 22.8 Å². The van der Waals surface area contributed by atoms with Gasteiger partial charge in [-0.05, 0) is 37.1 Å². The highest BCUT2D eigenvalue weighted by Gasteiger charge is 2.30. The Bertz CT molecular complexity index is 1070. The van der Waals surface area contributed by atoms with Crippen molar-refractivity contribution >= 4 is 21.7 Å². The van der Waals surface area contributed by atoms with Crippen LogP contribution in [0.2, 0.25) is 0 Å². The van der Waals surface area contributed by atoms with Crippen LogP contribution in [0.25, 0.3) is 0 Å². The van der Waals surface area contributed by atoms with Gasteiger partial charge in [0.25, 0.3) is 0 Å². The zero-order valence-electron chi connectivity index (χ0n) is 15.4. The van der Waals surface area contributed by atoms with Crippen LogP contribution in [-0.2, 0) is 10.0 Å². The molecule has 2 aromatic heterocycles. The highest BCUT2D eigenvalue weighted by molar-refractivity contribution is 7.89. The van der Waals surface area contributed by atoms with Crippen LogP contribution in [0.5, 0.6) is 0 Å². The van der Waals surface area contributed by atoms with E-state index < -0.39 is 15.8 Å². The van der Waals surface area contributed by atoms with Crippen molar-refractivity contribution in [1.29, 1.82) is 0 Å². The quantitative estimate of drug-likeness (QED) is 0.685. The van der Waals surface area contributed by atoms with Gasteiger partial charge < -0.3 is 5.32 Å². The third kappa shape index (κ3) is 4.38. The van der Waals surface area contributed by atoms with Gasteiger partial charge in [-0.2, -0.15) is 4.31 Å². The van der Waals surface area contributed by atoms with E-state index in [4.69, 9.17) is 0 Å². The van der Waals surface area contributed by atoms with Gasteiger partial charge in [0, 0.05) is 37.6 Å². The van der Waals surface area contributed by atoms with Crippen LogP contribution in [0.15, 0.2) is 60.1 Å². The summed E-state index contributed by atoms with van der Waals surface area (Å²) in [6.07, 6.45) is 9.32. The van der Waals surface area contributed by atoms with Gasteiger partial charge in [-0.15, -0.1) is 0 Å². The summed E-state index contributed by atoms with van der Waals surface area (Å²) in [5.41, 5.74) is 0.803. The summed E-state index contributed by atoms with van der Waals surface area (Å²) in [4.78, 5) is 17.1. The maximum atomic E-state index is 13.1. The topological polar surface area (TPSA) is 101 Å². The lowest BCUT2D eigenvalue weighted by atomic mass is 9.95. The van der Waals surface area contributed by atoms with Crippen molar-refractivity contribution in [2.75, 3.05) is 18.4 Å². The number of piperidine rings is 1. The fourth-order valence-corrected chi connectivity index (χ4v) is 4.75. The molecule has 0 saturated carbocycles. The molecule has 1 saturated heterocycles. The third-order valence-electron chi connectivity index (χ3n) is 4.80. The van der Waals surface area contributed by atoms with Crippen LogP contribution >= 0.6 is 0 Å². The van der Waals surface area contributed by atoms with Crippen LogP contribution in [0.4, 0.5) is 16.0 Å². The molecule has 1 aliphatic heterocycles. The lowest BCUT2D eigenvalue weighted by Crippen LogP contribution is -2.38. The molecule has 3 aromatic rings. The van der Waals surface area contributed by atoms with E-state index in [0.29, 0.717) is 37.6 Å². The van der Waals surface area contributed by atoms with Gasteiger partial charge in [0.05, 0.1) is 23.0 Å². The molecule has 29 heavy (non-hydrogen) atoms. The Kier molecular flexibility index (Phi) is 5.45. The molecule has 10 heteroatoms. The van der Waals surface area contributed by atoms with Crippen LogP contribution in [-0.4, -0.2) is 45.7 Å². The molecule has 0 spiro atoms. The SMILES string of the molecule is O=S(=O)(c1ccc(F)cc1)N1CCC(c2cncc(Nc3cnccn3)n2)CC1. The summed E-state index contributed by atoms with van der Waals surface area (Å²) in [5.74, 6) is 0.769. The smallest absolute Gasteiger partial charge is 0.243 e. The molecule has 3 heterocycles. The van der Waals surface area contributed by atoms with Gasteiger partial charge in [0.1, 0.15) is 17.5 Å². The predicted octanol–water partition coefficient (Wildman–Crippen LogP) is 2.72. The lowest BCUT2D eigenvalue weighted by molar-refractivity contribution is 0.316. The molecule has 1 N–H and O–H groups in total. The molecule has 1 aliphatic rings. The molecule has 0 aliphatic carbocycles. The minimum absolute atomic E-state index is 0.103. The number of nitrogens with zero attached hydrogens (tertiary/aromatic N) is 5. The van der Waals surface area contributed by atoms with Crippen molar-refractivity contribution < 1.29 is 12.8 Å². The minimum Gasteiger partial charge on any atom is -0.322 e. The van der Waals surface area contributed by atoms with E-state index >= 15 is 0 Å². The fraction of sp³-hybridized carbons (Fsp3) is 0.263. The standard InChI is InChI=1S/C19H19FN6O2S/c20-15-1-3-16(4-2-15)29(27,28)26-9-5-14(6-10-26)17-11-22-13-19(24-17)25-18-12-21-7-8-23-18/h1-4,7-8,11-14H,5-6,9-10H2,(H,23,24,25). The lowest BCUT2D eigenvalue weighted by Gasteiger charge is -2.30. The second kappa shape index (κ2) is 8.18. The van der Waals surface area contributed by atoms with Gasteiger partial charge in [-0.3, -0.25) is 9.97 Å². The summed E-state index contributed by atoms with van der Waals surface area (Å²) in [6, 6.07) is 4.91. The van der Waals surface area contributed by atoms with Gasteiger partial charge >= 0.3 is 0 Å². The number of hydrogen-bond acceptors (Lipinski definition) is 7. The maximum absolute atomic E-state index is 13.1. The summed E-state index contributed by atoms with van der Waals surface area (Å²) >= 11 is 0. The van der Waals surface area contributed by atoms with E-state index in [1.165, 1.54) is 16.4 Å². The molecular formula is C19H19FN6O2S. The van der Waals surface area contributed by atoms with E-state index in [-0.39, 0.29) is 10.8 Å². The van der Waals surface area contributed by atoms with Crippen LogP contribution in [0.3, 0.4) is 0 Å². The zero-order chi connectivity index (χ0) is 20.3. The zero-order valence-corrected chi connectivity index (χ0v) is 16.3. The number of halogens is 1. The molecule has 1 fully saturated rings. The first-order chi connectivity index (χ1) is 14.0. The van der Waals surface area contributed by atoms with E-state index in [1.54, 1.807) is 31.0 Å². The Balaban J connectivity index is 1.43. The summed E-state index contributed by atoms with van der Waals surface area (Å²) in [7, 11) is -3.63. The van der Waals surface area contributed by atoms with Crippen molar-refractivity contribution in [2.45, 2.75) is 23.7 Å². The molecule has 8 nitrogen and oxygen atoms in total. The van der Waals surface area contributed by atoms with E-state index in [9.17, 15) is 12.8 Å². The van der Waals surface area contributed by atoms with Gasteiger partial charge in [0.2, 0.25) is 10.0 Å². The Morgan fingerprint density at radius 2 is 1.69 bits per heavy atom. The first-order valence-corrected chi connectivity index (χ1v) is 10.6. The summed E-state index contributed by atoms with van der Waals surface area (Å²) in [6.45, 7) is 0.738. The largest absolute Gasteiger partial charge is 0.322 e. The first-order valence-electron chi connectivity index (χ1n) is 9.13. The summed E-state index contributed by atoms with van der Waals surface area (Å²) < 4.78 is 40.0. The molecule has 150 valence electrons. The summed E-state index contributed by atoms with van der Waals surface area (Å²) in [5, 5.41) is 3.06. The fourth-order valence-electron chi connectivity index (χ4n) is 3.28. The molecule has 1 aromatic carbocycles. The first kappa shape index (κ1) is 19.3. The number of anilines is 2. The van der Waals surface area contributed by atoms with Crippen molar-refractivity contribution in [1.82, 2.24) is 24.2 Å². The van der Waals surface area contributed by atoms with Crippen LogP contribution in [0.1, 0.15) is 24.5 Å². The second-order valence-electron chi connectivity index (χ2n) is 6.68. The van der Waals surface area contributed by atoms with E-state index in [0.717, 1.165) is 17.8 Å². The highest BCUT2D eigenvalue weighted by Crippen LogP contribution is 2.30.